The molecule has 1 fully saturated rings. The van der Waals surface area contributed by atoms with Crippen molar-refractivity contribution in [3.05, 3.63) is 83.0 Å². The molecule has 140 valence electrons. The number of urea groups is 1. The largest absolute Gasteiger partial charge is 0.467 e. The second kappa shape index (κ2) is 7.21. The highest BCUT2D eigenvalue weighted by Crippen LogP contribution is 2.21. The summed E-state index contributed by atoms with van der Waals surface area (Å²) < 4.78 is 7.00. The number of carbonyl (C=O) groups excluding carboxylic acids is 3. The summed E-state index contributed by atoms with van der Waals surface area (Å²) in [6.45, 7) is -0.0690. The van der Waals surface area contributed by atoms with Gasteiger partial charge in [0.1, 0.15) is 11.3 Å². The third-order valence-corrected chi connectivity index (χ3v) is 4.51. The highest BCUT2D eigenvalue weighted by atomic mass is 35.5. The van der Waals surface area contributed by atoms with Crippen LogP contribution in [0, 0.1) is 0 Å². The smallest absolute Gasteiger partial charge is 0.331 e. The lowest BCUT2D eigenvalue weighted by molar-refractivity contribution is -0.130. The van der Waals surface area contributed by atoms with Crippen LogP contribution >= 0.6 is 11.6 Å². The number of imide groups is 2. The van der Waals surface area contributed by atoms with E-state index in [0.717, 1.165) is 10.6 Å². The second-order valence-electron chi connectivity index (χ2n) is 6.07. The Labute approximate surface area is 164 Å². The van der Waals surface area contributed by atoms with Crippen molar-refractivity contribution in [2.24, 2.45) is 0 Å². The molecule has 1 aromatic carbocycles. The van der Waals surface area contributed by atoms with Crippen LogP contribution in [0.3, 0.4) is 0 Å². The van der Waals surface area contributed by atoms with Crippen LogP contribution in [0.4, 0.5) is 4.79 Å². The SMILES string of the molecule is O=C1NC(=O)N(Cc2ccco2)C(=O)C1=Cc1cccn1-c1ccc(Cl)cc1. The van der Waals surface area contributed by atoms with Crippen LogP contribution in [-0.4, -0.2) is 27.3 Å². The van der Waals surface area contributed by atoms with Crippen molar-refractivity contribution in [3.63, 3.8) is 0 Å². The van der Waals surface area contributed by atoms with Gasteiger partial charge in [-0.25, -0.2) is 4.79 Å². The monoisotopic (exact) mass is 395 g/mol. The molecule has 7 nitrogen and oxygen atoms in total. The van der Waals surface area contributed by atoms with E-state index >= 15 is 0 Å². The van der Waals surface area contributed by atoms with Gasteiger partial charge in [0.25, 0.3) is 11.8 Å². The Morgan fingerprint density at radius 1 is 1.04 bits per heavy atom. The van der Waals surface area contributed by atoms with Gasteiger partial charge in [-0.15, -0.1) is 0 Å². The summed E-state index contributed by atoms with van der Waals surface area (Å²) in [5, 5.41) is 2.79. The average molecular weight is 396 g/mol. The van der Waals surface area contributed by atoms with Crippen LogP contribution in [0.5, 0.6) is 0 Å². The maximum absolute atomic E-state index is 12.8. The van der Waals surface area contributed by atoms with Crippen molar-refractivity contribution < 1.29 is 18.8 Å². The van der Waals surface area contributed by atoms with E-state index in [-0.39, 0.29) is 12.1 Å². The summed E-state index contributed by atoms with van der Waals surface area (Å²) in [4.78, 5) is 38.1. The van der Waals surface area contributed by atoms with Crippen LogP contribution in [0.15, 0.2) is 71.0 Å². The number of carbonyl (C=O) groups is 3. The number of rotatable bonds is 4. The first kappa shape index (κ1) is 17.8. The van der Waals surface area contributed by atoms with Crippen molar-refractivity contribution in [2.45, 2.75) is 6.54 Å². The number of halogens is 1. The first-order valence-electron chi connectivity index (χ1n) is 8.37. The Bertz CT molecular complexity index is 1080. The van der Waals surface area contributed by atoms with E-state index in [9.17, 15) is 14.4 Å². The highest BCUT2D eigenvalue weighted by Gasteiger charge is 2.36. The van der Waals surface area contributed by atoms with Gasteiger partial charge in [-0.2, -0.15) is 0 Å². The third kappa shape index (κ3) is 3.35. The fraction of sp³-hybridized carbons (Fsp3) is 0.0500. The van der Waals surface area contributed by atoms with Gasteiger partial charge < -0.3 is 8.98 Å². The first-order valence-corrected chi connectivity index (χ1v) is 8.75. The molecular formula is C20H14ClN3O4. The van der Waals surface area contributed by atoms with Crippen LogP contribution < -0.4 is 5.32 Å². The van der Waals surface area contributed by atoms with Crippen molar-refractivity contribution in [2.75, 3.05) is 0 Å². The molecule has 0 atom stereocenters. The maximum atomic E-state index is 12.8. The normalized spacial score (nSPS) is 16.0. The molecule has 0 bridgehead atoms. The topological polar surface area (TPSA) is 84.6 Å². The summed E-state index contributed by atoms with van der Waals surface area (Å²) in [7, 11) is 0. The number of aromatic nitrogens is 1. The number of hydrogen-bond donors (Lipinski definition) is 1. The molecule has 3 heterocycles. The van der Waals surface area contributed by atoms with Crippen LogP contribution in [0.2, 0.25) is 5.02 Å². The van der Waals surface area contributed by atoms with Crippen molar-refractivity contribution in [1.82, 2.24) is 14.8 Å². The predicted molar refractivity (Wildman–Crippen MR) is 102 cm³/mol. The predicted octanol–water partition coefficient (Wildman–Crippen LogP) is 3.39. The molecule has 1 aliphatic heterocycles. The quantitative estimate of drug-likeness (QED) is 0.542. The number of amides is 4. The average Bonchev–Trinajstić information content (AvgIpc) is 3.35. The molecule has 3 aromatic rings. The molecule has 28 heavy (non-hydrogen) atoms. The molecular weight excluding hydrogens is 382 g/mol. The van der Waals surface area contributed by atoms with Gasteiger partial charge in [0.05, 0.1) is 12.8 Å². The lowest BCUT2D eigenvalue weighted by Gasteiger charge is -2.25. The number of furan rings is 1. The Hall–Kier alpha value is -3.58. The van der Waals surface area contributed by atoms with Crippen molar-refractivity contribution >= 4 is 35.5 Å². The molecule has 0 spiro atoms. The molecule has 0 radical (unpaired) electrons. The van der Waals surface area contributed by atoms with Crippen LogP contribution in [-0.2, 0) is 16.1 Å². The van der Waals surface area contributed by atoms with E-state index in [4.69, 9.17) is 16.0 Å². The molecule has 4 amide bonds. The van der Waals surface area contributed by atoms with E-state index < -0.39 is 17.8 Å². The summed E-state index contributed by atoms with van der Waals surface area (Å²) in [6, 6.07) is 13.2. The Balaban J connectivity index is 1.68. The molecule has 1 N–H and O–H groups in total. The van der Waals surface area contributed by atoms with Crippen LogP contribution in [0.1, 0.15) is 11.5 Å². The molecule has 2 aromatic heterocycles. The van der Waals surface area contributed by atoms with Crippen molar-refractivity contribution in [1.29, 1.82) is 0 Å². The standard InChI is InChI=1S/C20H14ClN3O4/c21-13-5-7-14(8-6-13)23-9-1-3-15(23)11-17-18(25)22-20(27)24(19(17)26)12-16-4-2-10-28-16/h1-11H,12H2,(H,22,25,27). The van der Waals surface area contributed by atoms with E-state index in [2.05, 4.69) is 5.32 Å². The minimum Gasteiger partial charge on any atom is -0.467 e. The van der Waals surface area contributed by atoms with Gasteiger partial charge in [0.2, 0.25) is 0 Å². The summed E-state index contributed by atoms with van der Waals surface area (Å²) in [6.07, 6.45) is 4.70. The van der Waals surface area contributed by atoms with Gasteiger partial charge in [-0.3, -0.25) is 19.8 Å². The summed E-state index contributed by atoms with van der Waals surface area (Å²) >= 11 is 5.93. The van der Waals surface area contributed by atoms with Gasteiger partial charge >= 0.3 is 6.03 Å². The first-order chi connectivity index (χ1) is 13.5. The zero-order valence-corrected chi connectivity index (χ0v) is 15.2. The summed E-state index contributed by atoms with van der Waals surface area (Å²) in [5.41, 5.74) is 1.28. The number of hydrogen-bond acceptors (Lipinski definition) is 4. The summed E-state index contributed by atoms with van der Waals surface area (Å²) in [5.74, 6) is -0.995. The van der Waals surface area contributed by atoms with Gasteiger partial charge in [0.15, 0.2) is 0 Å². The fourth-order valence-corrected chi connectivity index (χ4v) is 3.02. The molecule has 1 aliphatic rings. The number of nitrogens with one attached hydrogen (secondary N) is 1. The minimum absolute atomic E-state index is 0.0690. The molecule has 8 heteroatoms. The Morgan fingerprint density at radius 2 is 1.82 bits per heavy atom. The lowest BCUT2D eigenvalue weighted by atomic mass is 10.1. The minimum atomic E-state index is -0.781. The number of nitrogens with zero attached hydrogens (tertiary/aromatic N) is 2. The van der Waals surface area contributed by atoms with Gasteiger partial charge in [-0.05, 0) is 54.6 Å². The molecule has 0 saturated carbocycles. The molecule has 0 aliphatic carbocycles. The third-order valence-electron chi connectivity index (χ3n) is 4.26. The molecule has 4 rings (SSSR count). The Kier molecular flexibility index (Phi) is 4.58. The second-order valence-corrected chi connectivity index (χ2v) is 6.50. The van der Waals surface area contributed by atoms with E-state index in [0.29, 0.717) is 16.5 Å². The van der Waals surface area contributed by atoms with E-state index in [1.54, 1.807) is 47.2 Å². The van der Waals surface area contributed by atoms with Crippen molar-refractivity contribution in [3.8, 4) is 5.69 Å². The Morgan fingerprint density at radius 3 is 2.54 bits per heavy atom. The van der Waals surface area contributed by atoms with Crippen LogP contribution in [0.25, 0.3) is 11.8 Å². The van der Waals surface area contributed by atoms with Gasteiger partial charge in [0, 0.05) is 22.6 Å². The number of benzene rings is 1. The zero-order valence-electron chi connectivity index (χ0n) is 14.5. The molecule has 1 saturated heterocycles. The van der Waals surface area contributed by atoms with E-state index in [1.807, 2.05) is 12.1 Å². The molecule has 0 unspecified atom stereocenters. The lowest BCUT2D eigenvalue weighted by Crippen LogP contribution is -2.53. The fourth-order valence-electron chi connectivity index (χ4n) is 2.89. The highest BCUT2D eigenvalue weighted by molar-refractivity contribution is 6.31. The zero-order chi connectivity index (χ0) is 19.7. The maximum Gasteiger partial charge on any atom is 0.331 e. The number of barbiturate groups is 1. The van der Waals surface area contributed by atoms with Gasteiger partial charge in [-0.1, -0.05) is 11.6 Å². The van der Waals surface area contributed by atoms with E-state index in [1.165, 1.54) is 12.3 Å².